The fourth-order valence-corrected chi connectivity index (χ4v) is 2.20. The first kappa shape index (κ1) is 15.5. The molecular weight excluding hydrogens is 238 g/mol. The van der Waals surface area contributed by atoms with Gasteiger partial charge in [0.05, 0.1) is 11.3 Å². The zero-order valence-electron chi connectivity index (χ0n) is 12.0. The fraction of sp³-hybridized carbons (Fsp3) is 0.562. The second kappa shape index (κ2) is 8.57. The molecule has 3 nitrogen and oxygen atoms in total. The zero-order valence-corrected chi connectivity index (χ0v) is 12.0. The van der Waals surface area contributed by atoms with Gasteiger partial charge < -0.3 is 10.4 Å². The first-order valence-corrected chi connectivity index (χ1v) is 7.23. The molecule has 1 aromatic rings. The maximum Gasteiger partial charge on any atom is 0.337 e. The Bertz CT molecular complexity index is 402. The van der Waals surface area contributed by atoms with Gasteiger partial charge in [-0.1, -0.05) is 51.2 Å². The lowest BCUT2D eigenvalue weighted by Crippen LogP contribution is -2.09. The molecule has 2 N–H and O–H groups in total. The van der Waals surface area contributed by atoms with E-state index in [2.05, 4.69) is 12.2 Å². The molecule has 0 saturated heterocycles. The van der Waals surface area contributed by atoms with Gasteiger partial charge in [0.25, 0.3) is 0 Å². The Morgan fingerprint density at radius 2 is 1.84 bits per heavy atom. The van der Waals surface area contributed by atoms with Crippen LogP contribution in [0.4, 0.5) is 5.69 Å². The number of benzene rings is 1. The van der Waals surface area contributed by atoms with Gasteiger partial charge in [-0.2, -0.15) is 0 Å². The number of aryl methyl sites for hydroxylation is 1. The van der Waals surface area contributed by atoms with E-state index in [1.807, 2.05) is 13.0 Å². The minimum atomic E-state index is -0.867. The molecular formula is C16H25NO2. The first-order valence-electron chi connectivity index (χ1n) is 7.23. The highest BCUT2D eigenvalue weighted by Crippen LogP contribution is 2.20. The molecule has 0 amide bonds. The molecule has 0 aromatic heterocycles. The molecule has 0 unspecified atom stereocenters. The number of para-hydroxylation sites is 1. The molecule has 0 aliphatic heterocycles. The van der Waals surface area contributed by atoms with Crippen LogP contribution >= 0.6 is 0 Å². The van der Waals surface area contributed by atoms with Crippen molar-refractivity contribution in [3.8, 4) is 0 Å². The molecule has 0 bridgehead atoms. The standard InChI is InChI=1S/C16H25NO2/c1-3-4-5-6-7-8-12-17-15-13(2)10-9-11-14(15)16(18)19/h9-11,17H,3-8,12H2,1-2H3,(H,18,19). The van der Waals surface area contributed by atoms with Crippen molar-refractivity contribution in [3.63, 3.8) is 0 Å². The van der Waals surface area contributed by atoms with E-state index in [1.54, 1.807) is 12.1 Å². The Hall–Kier alpha value is -1.51. The fourth-order valence-electron chi connectivity index (χ4n) is 2.20. The molecule has 0 fully saturated rings. The quantitative estimate of drug-likeness (QED) is 0.646. The molecule has 3 heteroatoms. The molecule has 1 rings (SSSR count). The van der Waals surface area contributed by atoms with E-state index in [4.69, 9.17) is 5.11 Å². The van der Waals surface area contributed by atoms with Gasteiger partial charge in [-0.3, -0.25) is 0 Å². The number of anilines is 1. The Balaban J connectivity index is 2.38. The molecule has 106 valence electrons. The zero-order chi connectivity index (χ0) is 14.1. The molecule has 1 aromatic carbocycles. The summed E-state index contributed by atoms with van der Waals surface area (Å²) in [5.74, 6) is -0.867. The Labute approximate surface area is 116 Å². The predicted octanol–water partition coefficient (Wildman–Crippen LogP) is 4.47. The summed E-state index contributed by atoms with van der Waals surface area (Å²) in [6, 6.07) is 5.38. The van der Waals surface area contributed by atoms with Crippen LogP contribution in [0.2, 0.25) is 0 Å². The van der Waals surface area contributed by atoms with Crippen LogP contribution < -0.4 is 5.32 Å². The van der Waals surface area contributed by atoms with Crippen molar-refractivity contribution >= 4 is 11.7 Å². The van der Waals surface area contributed by atoms with Gasteiger partial charge in [-0.05, 0) is 25.0 Å². The van der Waals surface area contributed by atoms with E-state index in [9.17, 15) is 4.79 Å². The topological polar surface area (TPSA) is 49.3 Å². The van der Waals surface area contributed by atoms with Crippen LogP contribution in [0.3, 0.4) is 0 Å². The van der Waals surface area contributed by atoms with Crippen molar-refractivity contribution in [1.29, 1.82) is 0 Å². The van der Waals surface area contributed by atoms with E-state index in [0.717, 1.165) is 24.2 Å². The molecule has 0 radical (unpaired) electrons. The summed E-state index contributed by atoms with van der Waals surface area (Å²) in [6.45, 7) is 5.00. The minimum absolute atomic E-state index is 0.367. The highest BCUT2D eigenvalue weighted by Gasteiger charge is 2.10. The number of carbonyl (C=O) groups is 1. The van der Waals surface area contributed by atoms with Gasteiger partial charge >= 0.3 is 5.97 Å². The Morgan fingerprint density at radius 3 is 2.53 bits per heavy atom. The number of hydrogen-bond donors (Lipinski definition) is 2. The van der Waals surface area contributed by atoms with Gasteiger partial charge in [0.2, 0.25) is 0 Å². The maximum absolute atomic E-state index is 11.1. The van der Waals surface area contributed by atoms with Gasteiger partial charge in [-0.15, -0.1) is 0 Å². The summed E-state index contributed by atoms with van der Waals surface area (Å²) >= 11 is 0. The Kier molecular flexibility index (Phi) is 7.01. The van der Waals surface area contributed by atoms with Crippen LogP contribution in [0.15, 0.2) is 18.2 Å². The number of carboxylic acid groups (broad SMARTS) is 1. The van der Waals surface area contributed by atoms with Crippen LogP contribution in [-0.4, -0.2) is 17.6 Å². The van der Waals surface area contributed by atoms with Gasteiger partial charge in [0.15, 0.2) is 0 Å². The monoisotopic (exact) mass is 263 g/mol. The van der Waals surface area contributed by atoms with Gasteiger partial charge in [-0.25, -0.2) is 4.79 Å². The molecule has 0 spiro atoms. The summed E-state index contributed by atoms with van der Waals surface area (Å²) in [4.78, 5) is 11.1. The van der Waals surface area contributed by atoms with Crippen LogP contribution in [-0.2, 0) is 0 Å². The summed E-state index contributed by atoms with van der Waals surface area (Å²) in [5, 5.41) is 12.4. The van der Waals surface area contributed by atoms with Crippen molar-refractivity contribution in [3.05, 3.63) is 29.3 Å². The van der Waals surface area contributed by atoms with E-state index in [1.165, 1.54) is 32.1 Å². The summed E-state index contributed by atoms with van der Waals surface area (Å²) in [6.07, 6.45) is 7.46. The molecule has 0 heterocycles. The lowest BCUT2D eigenvalue weighted by Gasteiger charge is -2.12. The summed E-state index contributed by atoms with van der Waals surface area (Å²) in [7, 11) is 0. The smallest absolute Gasteiger partial charge is 0.337 e. The summed E-state index contributed by atoms with van der Waals surface area (Å²) < 4.78 is 0. The third-order valence-corrected chi connectivity index (χ3v) is 3.34. The highest BCUT2D eigenvalue weighted by molar-refractivity contribution is 5.95. The SMILES string of the molecule is CCCCCCCCNc1c(C)cccc1C(=O)O. The third kappa shape index (κ3) is 5.33. The van der Waals surface area contributed by atoms with Crippen molar-refractivity contribution in [1.82, 2.24) is 0 Å². The lowest BCUT2D eigenvalue weighted by atomic mass is 10.1. The van der Waals surface area contributed by atoms with E-state index < -0.39 is 5.97 Å². The molecule has 0 aliphatic carbocycles. The van der Waals surface area contributed by atoms with Crippen LogP contribution in [0.25, 0.3) is 0 Å². The number of carboxylic acids is 1. The summed E-state index contributed by atoms with van der Waals surface area (Å²) in [5.41, 5.74) is 2.13. The van der Waals surface area contributed by atoms with Crippen molar-refractivity contribution < 1.29 is 9.90 Å². The number of unbranched alkanes of at least 4 members (excludes halogenated alkanes) is 5. The van der Waals surface area contributed by atoms with Crippen molar-refractivity contribution in [2.24, 2.45) is 0 Å². The second-order valence-corrected chi connectivity index (χ2v) is 5.00. The number of nitrogens with one attached hydrogen (secondary N) is 1. The molecule has 0 aliphatic rings. The third-order valence-electron chi connectivity index (χ3n) is 3.34. The molecule has 0 atom stereocenters. The largest absolute Gasteiger partial charge is 0.478 e. The lowest BCUT2D eigenvalue weighted by molar-refractivity contribution is 0.0698. The van der Waals surface area contributed by atoms with Crippen molar-refractivity contribution in [2.45, 2.75) is 52.4 Å². The van der Waals surface area contributed by atoms with Crippen LogP contribution in [0.1, 0.15) is 61.4 Å². The average molecular weight is 263 g/mol. The van der Waals surface area contributed by atoms with E-state index in [-0.39, 0.29) is 0 Å². The number of aromatic carboxylic acids is 1. The van der Waals surface area contributed by atoms with Crippen LogP contribution in [0.5, 0.6) is 0 Å². The van der Waals surface area contributed by atoms with Gasteiger partial charge in [0.1, 0.15) is 0 Å². The van der Waals surface area contributed by atoms with Gasteiger partial charge in [0, 0.05) is 6.54 Å². The van der Waals surface area contributed by atoms with Crippen molar-refractivity contribution in [2.75, 3.05) is 11.9 Å². The van der Waals surface area contributed by atoms with E-state index in [0.29, 0.717) is 5.56 Å². The molecule has 0 saturated carbocycles. The van der Waals surface area contributed by atoms with Crippen LogP contribution in [0, 0.1) is 6.92 Å². The first-order chi connectivity index (χ1) is 9.16. The highest BCUT2D eigenvalue weighted by atomic mass is 16.4. The van der Waals surface area contributed by atoms with E-state index >= 15 is 0 Å². The Morgan fingerprint density at radius 1 is 1.16 bits per heavy atom. The second-order valence-electron chi connectivity index (χ2n) is 5.00. The normalized spacial score (nSPS) is 10.4. The number of rotatable bonds is 9. The minimum Gasteiger partial charge on any atom is -0.478 e. The predicted molar refractivity (Wildman–Crippen MR) is 80.0 cm³/mol. The maximum atomic E-state index is 11.1. The average Bonchev–Trinajstić information content (AvgIpc) is 2.39. The molecule has 19 heavy (non-hydrogen) atoms. The number of hydrogen-bond acceptors (Lipinski definition) is 2.